The number of halogens is 1. The van der Waals surface area contributed by atoms with Gasteiger partial charge in [-0.3, -0.25) is 4.79 Å². The fraction of sp³-hybridized carbons (Fsp3) is 0.417. The minimum absolute atomic E-state index is 0.0297. The van der Waals surface area contributed by atoms with E-state index in [1.165, 1.54) is 13.2 Å². The van der Waals surface area contributed by atoms with Crippen LogP contribution in [-0.4, -0.2) is 31.3 Å². The van der Waals surface area contributed by atoms with Crippen molar-refractivity contribution in [2.24, 2.45) is 5.73 Å². The molecule has 1 aromatic carbocycles. The van der Waals surface area contributed by atoms with E-state index in [4.69, 9.17) is 31.9 Å². The summed E-state index contributed by atoms with van der Waals surface area (Å²) in [5.74, 6) is -1.00. The number of rotatable bonds is 6. The minimum Gasteiger partial charge on any atom is -0.495 e. The van der Waals surface area contributed by atoms with E-state index in [-0.39, 0.29) is 6.54 Å². The molecule has 100 valence electrons. The normalized spacial score (nSPS) is 12.0. The van der Waals surface area contributed by atoms with Crippen molar-refractivity contribution < 1.29 is 19.4 Å². The first-order valence-corrected chi connectivity index (χ1v) is 5.86. The summed E-state index contributed by atoms with van der Waals surface area (Å²) in [6, 6.07) is 3.10. The summed E-state index contributed by atoms with van der Waals surface area (Å²) >= 11 is 5.99. The summed E-state index contributed by atoms with van der Waals surface area (Å²) in [4.78, 5) is 11.1. The molecule has 6 heteroatoms. The lowest BCUT2D eigenvalue weighted by molar-refractivity contribution is -0.138. The maximum absolute atomic E-state index is 11.1. The third-order valence-corrected chi connectivity index (χ3v) is 2.79. The number of carbonyl (C=O) groups is 1. The fourth-order valence-electron chi connectivity index (χ4n) is 1.62. The quantitative estimate of drug-likeness (QED) is 0.827. The Morgan fingerprint density at radius 1 is 1.50 bits per heavy atom. The molecule has 5 nitrogen and oxygen atoms in total. The number of hydrogen-bond donors (Lipinski definition) is 2. The average molecular weight is 274 g/mol. The molecule has 0 fully saturated rings. The Balaban J connectivity index is 3.31. The van der Waals surface area contributed by atoms with Crippen molar-refractivity contribution in [3.8, 4) is 11.5 Å². The van der Waals surface area contributed by atoms with E-state index in [0.717, 1.165) is 0 Å². The Labute approximate surface area is 110 Å². The van der Waals surface area contributed by atoms with Crippen LogP contribution >= 0.6 is 11.6 Å². The van der Waals surface area contributed by atoms with Crippen molar-refractivity contribution in [3.63, 3.8) is 0 Å². The van der Waals surface area contributed by atoms with Gasteiger partial charge in [0, 0.05) is 18.2 Å². The topological polar surface area (TPSA) is 81.8 Å². The van der Waals surface area contributed by atoms with Crippen LogP contribution in [0.15, 0.2) is 12.1 Å². The lowest BCUT2D eigenvalue weighted by Crippen LogP contribution is -2.22. The van der Waals surface area contributed by atoms with Gasteiger partial charge in [0.05, 0.1) is 24.7 Å². The van der Waals surface area contributed by atoms with Gasteiger partial charge in [0.2, 0.25) is 0 Å². The first-order valence-electron chi connectivity index (χ1n) is 5.48. The van der Waals surface area contributed by atoms with E-state index in [1.54, 1.807) is 6.07 Å². The second kappa shape index (κ2) is 6.47. The highest BCUT2D eigenvalue weighted by Gasteiger charge is 2.24. The van der Waals surface area contributed by atoms with Gasteiger partial charge >= 0.3 is 5.97 Å². The molecule has 0 aromatic heterocycles. The van der Waals surface area contributed by atoms with Crippen molar-refractivity contribution in [1.29, 1.82) is 0 Å². The minimum atomic E-state index is -1.01. The predicted molar refractivity (Wildman–Crippen MR) is 68.6 cm³/mol. The van der Waals surface area contributed by atoms with Gasteiger partial charge in [-0.2, -0.15) is 0 Å². The van der Waals surface area contributed by atoms with Gasteiger partial charge in [0.25, 0.3) is 0 Å². The number of hydrogen-bond acceptors (Lipinski definition) is 4. The standard InChI is InChI=1S/C12H16ClNO4/c1-3-18-10-5-11(17-2)9(13)4-7(10)8(6-14)12(15)16/h4-5,8H,3,6,14H2,1-2H3,(H,15,16). The maximum atomic E-state index is 11.1. The summed E-state index contributed by atoms with van der Waals surface area (Å²) < 4.78 is 10.5. The molecule has 1 rings (SSSR count). The zero-order valence-electron chi connectivity index (χ0n) is 10.3. The molecular formula is C12H16ClNO4. The average Bonchev–Trinajstić information content (AvgIpc) is 2.32. The lowest BCUT2D eigenvalue weighted by atomic mass is 9.98. The zero-order valence-corrected chi connectivity index (χ0v) is 11.0. The Morgan fingerprint density at radius 3 is 2.61 bits per heavy atom. The van der Waals surface area contributed by atoms with E-state index >= 15 is 0 Å². The van der Waals surface area contributed by atoms with Crippen LogP contribution in [0.2, 0.25) is 5.02 Å². The van der Waals surface area contributed by atoms with E-state index in [0.29, 0.717) is 28.7 Å². The zero-order chi connectivity index (χ0) is 13.7. The number of methoxy groups -OCH3 is 1. The number of carboxylic acids is 1. The summed E-state index contributed by atoms with van der Waals surface area (Å²) in [5, 5.41) is 9.46. The Bertz CT molecular complexity index is 436. The van der Waals surface area contributed by atoms with Crippen molar-refractivity contribution in [3.05, 3.63) is 22.7 Å². The van der Waals surface area contributed by atoms with Crippen LogP contribution in [0, 0.1) is 0 Å². The van der Waals surface area contributed by atoms with Gasteiger partial charge in [0.1, 0.15) is 11.5 Å². The largest absolute Gasteiger partial charge is 0.495 e. The Kier molecular flexibility index (Phi) is 5.25. The van der Waals surface area contributed by atoms with E-state index in [2.05, 4.69) is 0 Å². The van der Waals surface area contributed by atoms with Gasteiger partial charge in [-0.15, -0.1) is 0 Å². The SMILES string of the molecule is CCOc1cc(OC)c(Cl)cc1C(CN)C(=O)O. The molecule has 3 N–H and O–H groups in total. The van der Waals surface area contributed by atoms with Crippen molar-refractivity contribution in [1.82, 2.24) is 0 Å². The van der Waals surface area contributed by atoms with Crippen LogP contribution in [0.5, 0.6) is 11.5 Å². The van der Waals surface area contributed by atoms with Crippen LogP contribution in [0.25, 0.3) is 0 Å². The first-order chi connectivity index (χ1) is 8.54. The fourth-order valence-corrected chi connectivity index (χ4v) is 1.87. The second-order valence-corrected chi connectivity index (χ2v) is 3.99. The smallest absolute Gasteiger partial charge is 0.312 e. The summed E-state index contributed by atoms with van der Waals surface area (Å²) in [7, 11) is 1.48. The van der Waals surface area contributed by atoms with Gasteiger partial charge < -0.3 is 20.3 Å². The maximum Gasteiger partial charge on any atom is 0.312 e. The first kappa shape index (κ1) is 14.6. The van der Waals surface area contributed by atoms with Crippen LogP contribution in [0.4, 0.5) is 0 Å². The molecule has 1 unspecified atom stereocenters. The van der Waals surface area contributed by atoms with Crippen LogP contribution in [-0.2, 0) is 4.79 Å². The van der Waals surface area contributed by atoms with Gasteiger partial charge in [-0.05, 0) is 13.0 Å². The highest BCUT2D eigenvalue weighted by atomic mass is 35.5. The van der Waals surface area contributed by atoms with Crippen LogP contribution in [0.1, 0.15) is 18.4 Å². The van der Waals surface area contributed by atoms with Gasteiger partial charge in [-0.1, -0.05) is 11.6 Å². The molecule has 0 heterocycles. The molecule has 0 bridgehead atoms. The summed E-state index contributed by atoms with van der Waals surface area (Å²) in [5.41, 5.74) is 5.94. The van der Waals surface area contributed by atoms with Crippen LogP contribution < -0.4 is 15.2 Å². The summed E-state index contributed by atoms with van der Waals surface area (Å²) in [6.45, 7) is 2.19. The highest BCUT2D eigenvalue weighted by molar-refractivity contribution is 6.32. The third-order valence-electron chi connectivity index (χ3n) is 2.49. The molecule has 0 aliphatic rings. The Morgan fingerprint density at radius 2 is 2.17 bits per heavy atom. The molecule has 0 aliphatic heterocycles. The molecule has 0 aliphatic carbocycles. The second-order valence-electron chi connectivity index (χ2n) is 3.58. The van der Waals surface area contributed by atoms with Crippen LogP contribution in [0.3, 0.4) is 0 Å². The number of ether oxygens (including phenoxy) is 2. The number of aliphatic carboxylic acids is 1. The summed E-state index contributed by atoms with van der Waals surface area (Å²) in [6.07, 6.45) is 0. The molecular weight excluding hydrogens is 258 g/mol. The molecule has 0 saturated carbocycles. The van der Waals surface area contributed by atoms with Crippen molar-refractivity contribution >= 4 is 17.6 Å². The molecule has 1 aromatic rings. The molecule has 1 atom stereocenters. The van der Waals surface area contributed by atoms with E-state index in [9.17, 15) is 4.79 Å². The van der Waals surface area contributed by atoms with Gasteiger partial charge in [-0.25, -0.2) is 0 Å². The Hall–Kier alpha value is -1.46. The van der Waals surface area contributed by atoms with Crippen molar-refractivity contribution in [2.45, 2.75) is 12.8 Å². The third kappa shape index (κ3) is 3.05. The molecule has 18 heavy (non-hydrogen) atoms. The number of carboxylic acid groups (broad SMARTS) is 1. The monoisotopic (exact) mass is 273 g/mol. The van der Waals surface area contributed by atoms with E-state index < -0.39 is 11.9 Å². The molecule has 0 amide bonds. The number of nitrogens with two attached hydrogens (primary N) is 1. The molecule has 0 spiro atoms. The predicted octanol–water partition coefficient (Wildman–Crippen LogP) is 1.87. The van der Waals surface area contributed by atoms with Crippen molar-refractivity contribution in [2.75, 3.05) is 20.3 Å². The number of benzene rings is 1. The van der Waals surface area contributed by atoms with E-state index in [1.807, 2.05) is 6.92 Å². The molecule has 0 radical (unpaired) electrons. The lowest BCUT2D eigenvalue weighted by Gasteiger charge is -2.17. The highest BCUT2D eigenvalue weighted by Crippen LogP contribution is 2.36. The van der Waals surface area contributed by atoms with Gasteiger partial charge in [0.15, 0.2) is 0 Å². The molecule has 0 saturated heterocycles.